The molecular weight excluding hydrogens is 254 g/mol. The molecule has 0 radical (unpaired) electrons. The van der Waals surface area contributed by atoms with E-state index >= 15 is 0 Å². The monoisotopic (exact) mass is 271 g/mol. The third-order valence-corrected chi connectivity index (χ3v) is 3.09. The Kier molecular flexibility index (Phi) is 4.51. The lowest BCUT2D eigenvalue weighted by Crippen LogP contribution is -2.32. The number of fused-ring (bicyclic) bond motifs is 1. The number of ether oxygens (including phenoxy) is 1. The number of rotatable bonds is 5. The third-order valence-electron chi connectivity index (χ3n) is 3.09. The van der Waals surface area contributed by atoms with Crippen molar-refractivity contribution < 1.29 is 9.84 Å². The van der Waals surface area contributed by atoms with Gasteiger partial charge in [-0.15, -0.1) is 0 Å². The number of likely N-dealkylation sites (N-methyl/N-ethyl adjacent to an activating group) is 1. The van der Waals surface area contributed by atoms with Gasteiger partial charge in [-0.05, 0) is 6.07 Å². The topological polar surface area (TPSA) is 69.4 Å². The Morgan fingerprint density at radius 1 is 1.45 bits per heavy atom. The second-order valence-corrected chi connectivity index (χ2v) is 4.64. The van der Waals surface area contributed by atoms with Crippen molar-refractivity contribution in [2.45, 2.75) is 6.10 Å². The van der Waals surface area contributed by atoms with E-state index in [1.807, 2.05) is 36.2 Å². The van der Waals surface area contributed by atoms with Crippen LogP contribution in [0.5, 0.6) is 0 Å². The molecule has 1 aromatic heterocycles. The van der Waals surface area contributed by atoms with Crippen LogP contribution in [-0.4, -0.2) is 43.5 Å². The maximum absolute atomic E-state index is 9.85. The van der Waals surface area contributed by atoms with Crippen molar-refractivity contribution in [2.24, 2.45) is 0 Å². The Morgan fingerprint density at radius 3 is 2.90 bits per heavy atom. The molecule has 0 aliphatic heterocycles. The summed E-state index contributed by atoms with van der Waals surface area (Å²) in [7, 11) is 3.40. The van der Waals surface area contributed by atoms with Crippen molar-refractivity contribution in [3.05, 3.63) is 36.0 Å². The number of aliphatic hydroxyl groups is 1. The molecule has 5 nitrogen and oxygen atoms in total. The average molecular weight is 271 g/mol. The molecule has 5 heteroatoms. The van der Waals surface area contributed by atoms with Crippen LogP contribution < -0.4 is 4.90 Å². The summed E-state index contributed by atoms with van der Waals surface area (Å²) in [5.74, 6) is 0. The summed E-state index contributed by atoms with van der Waals surface area (Å²) in [5.41, 5.74) is 2.11. The molecule has 1 heterocycles. The van der Waals surface area contributed by atoms with Crippen LogP contribution >= 0.6 is 0 Å². The summed E-state index contributed by atoms with van der Waals surface area (Å²) in [6, 6.07) is 9.81. The number of benzene rings is 1. The fourth-order valence-electron chi connectivity index (χ4n) is 2.27. The molecule has 2 rings (SSSR count). The minimum absolute atomic E-state index is 0.259. The van der Waals surface area contributed by atoms with Crippen molar-refractivity contribution in [2.75, 3.05) is 32.2 Å². The van der Waals surface area contributed by atoms with Gasteiger partial charge in [-0.25, -0.2) is 0 Å². The first kappa shape index (κ1) is 14.3. The number of methoxy groups -OCH3 is 1. The molecule has 0 bridgehead atoms. The molecule has 2 aromatic rings. The quantitative estimate of drug-likeness (QED) is 0.893. The summed E-state index contributed by atoms with van der Waals surface area (Å²) in [6.45, 7) is 0.645. The Labute approximate surface area is 118 Å². The van der Waals surface area contributed by atoms with E-state index in [1.165, 1.54) is 0 Å². The van der Waals surface area contributed by atoms with Crippen molar-refractivity contribution in [1.82, 2.24) is 4.98 Å². The molecule has 1 N–H and O–H groups in total. The number of aliphatic hydroxyl groups excluding tert-OH is 1. The highest BCUT2D eigenvalue weighted by Gasteiger charge is 2.15. The zero-order valence-electron chi connectivity index (χ0n) is 11.6. The van der Waals surface area contributed by atoms with Gasteiger partial charge in [0.05, 0.1) is 29.5 Å². The van der Waals surface area contributed by atoms with E-state index in [9.17, 15) is 10.4 Å². The van der Waals surface area contributed by atoms with Crippen LogP contribution in [0.15, 0.2) is 30.5 Å². The number of hydrogen-bond donors (Lipinski definition) is 1. The zero-order valence-corrected chi connectivity index (χ0v) is 11.6. The molecule has 0 aliphatic carbocycles. The molecule has 1 unspecified atom stereocenters. The smallest absolute Gasteiger partial charge is 0.103 e. The molecule has 20 heavy (non-hydrogen) atoms. The number of anilines is 1. The summed E-state index contributed by atoms with van der Waals surface area (Å²) in [5, 5.41) is 20.0. The van der Waals surface area contributed by atoms with Crippen LogP contribution in [0.3, 0.4) is 0 Å². The molecule has 104 valence electrons. The number of hydrogen-bond acceptors (Lipinski definition) is 5. The average Bonchev–Trinajstić information content (AvgIpc) is 2.46. The summed E-state index contributed by atoms with van der Waals surface area (Å²) < 4.78 is 4.93. The number of nitrogens with zero attached hydrogens (tertiary/aromatic N) is 3. The number of para-hydroxylation sites is 1. The minimum atomic E-state index is -0.608. The Bertz CT molecular complexity index is 637. The van der Waals surface area contributed by atoms with Crippen LogP contribution in [0.2, 0.25) is 0 Å². The maximum atomic E-state index is 9.85. The molecule has 0 fully saturated rings. The molecular formula is C15H17N3O2. The van der Waals surface area contributed by atoms with Crippen molar-refractivity contribution in [1.29, 1.82) is 5.26 Å². The summed E-state index contributed by atoms with van der Waals surface area (Å²) in [6.07, 6.45) is 0.958. The second kappa shape index (κ2) is 6.33. The number of aromatic nitrogens is 1. The van der Waals surface area contributed by atoms with Gasteiger partial charge in [-0.1, -0.05) is 18.2 Å². The van der Waals surface area contributed by atoms with Gasteiger partial charge in [0.1, 0.15) is 6.07 Å². The van der Waals surface area contributed by atoms with E-state index in [-0.39, 0.29) is 6.61 Å². The lowest BCUT2D eigenvalue weighted by Gasteiger charge is -2.24. The van der Waals surface area contributed by atoms with Crippen LogP contribution in [0.4, 0.5) is 5.69 Å². The van der Waals surface area contributed by atoms with Gasteiger partial charge < -0.3 is 14.7 Å². The second-order valence-electron chi connectivity index (χ2n) is 4.64. The first-order chi connectivity index (χ1) is 9.67. The fourth-order valence-corrected chi connectivity index (χ4v) is 2.27. The van der Waals surface area contributed by atoms with Crippen LogP contribution in [0, 0.1) is 11.3 Å². The van der Waals surface area contributed by atoms with E-state index in [1.54, 1.807) is 13.3 Å². The van der Waals surface area contributed by atoms with Gasteiger partial charge in [0.25, 0.3) is 0 Å². The Morgan fingerprint density at radius 2 is 2.20 bits per heavy atom. The lowest BCUT2D eigenvalue weighted by atomic mass is 10.1. The highest BCUT2D eigenvalue weighted by Crippen LogP contribution is 2.28. The van der Waals surface area contributed by atoms with Gasteiger partial charge in [-0.2, -0.15) is 5.26 Å². The van der Waals surface area contributed by atoms with Crippen molar-refractivity contribution >= 4 is 16.6 Å². The summed E-state index contributed by atoms with van der Waals surface area (Å²) in [4.78, 5) is 6.14. The van der Waals surface area contributed by atoms with Gasteiger partial charge in [0.15, 0.2) is 0 Å². The van der Waals surface area contributed by atoms with Gasteiger partial charge in [0, 0.05) is 32.3 Å². The fraction of sp³-hybridized carbons (Fsp3) is 0.333. The lowest BCUT2D eigenvalue weighted by molar-refractivity contribution is 0.0695. The van der Waals surface area contributed by atoms with Gasteiger partial charge >= 0.3 is 0 Å². The molecule has 1 atom stereocenters. The minimum Gasteiger partial charge on any atom is -0.389 e. The summed E-state index contributed by atoms with van der Waals surface area (Å²) >= 11 is 0. The molecule has 1 aromatic carbocycles. The van der Waals surface area contributed by atoms with Crippen LogP contribution in [0.25, 0.3) is 10.9 Å². The SMILES string of the molecule is COCC(O)CN(C)c1c(C#N)cnc2ccccc12. The third kappa shape index (κ3) is 2.87. The number of pyridine rings is 1. The molecule has 0 saturated heterocycles. The van der Waals surface area contributed by atoms with Gasteiger partial charge in [-0.3, -0.25) is 4.98 Å². The maximum Gasteiger partial charge on any atom is 0.103 e. The molecule has 0 amide bonds. The first-order valence-corrected chi connectivity index (χ1v) is 6.33. The highest BCUT2D eigenvalue weighted by atomic mass is 16.5. The van der Waals surface area contributed by atoms with Gasteiger partial charge in [0.2, 0.25) is 0 Å². The van der Waals surface area contributed by atoms with E-state index in [2.05, 4.69) is 11.1 Å². The Balaban J connectivity index is 2.43. The van der Waals surface area contributed by atoms with E-state index in [0.717, 1.165) is 16.6 Å². The normalized spacial score (nSPS) is 12.1. The van der Waals surface area contributed by atoms with Crippen molar-refractivity contribution in [3.63, 3.8) is 0 Å². The molecule has 0 saturated carbocycles. The standard InChI is InChI=1S/C15H17N3O2/c1-18(9-12(19)10-20-2)15-11(7-16)8-17-14-6-4-3-5-13(14)15/h3-6,8,12,19H,9-10H2,1-2H3. The molecule has 0 aliphatic rings. The zero-order chi connectivity index (χ0) is 14.5. The molecule has 0 spiro atoms. The van der Waals surface area contributed by atoms with Crippen LogP contribution in [-0.2, 0) is 4.74 Å². The Hall–Kier alpha value is -2.16. The van der Waals surface area contributed by atoms with Crippen molar-refractivity contribution in [3.8, 4) is 6.07 Å². The van der Waals surface area contributed by atoms with Crippen LogP contribution in [0.1, 0.15) is 5.56 Å². The predicted octanol–water partition coefficient (Wildman–Crippen LogP) is 1.55. The predicted molar refractivity (Wildman–Crippen MR) is 77.6 cm³/mol. The van der Waals surface area contributed by atoms with E-state index in [0.29, 0.717) is 12.1 Å². The van der Waals surface area contributed by atoms with E-state index in [4.69, 9.17) is 4.74 Å². The van der Waals surface area contributed by atoms with E-state index < -0.39 is 6.10 Å². The largest absolute Gasteiger partial charge is 0.389 e. The highest BCUT2D eigenvalue weighted by molar-refractivity contribution is 5.94. The number of nitriles is 1. The first-order valence-electron chi connectivity index (χ1n) is 6.33.